The van der Waals surface area contributed by atoms with Gasteiger partial charge in [-0.15, -0.1) is 24.0 Å². The number of carbonyl (C=O) groups is 1. The number of methoxy groups -OCH3 is 1. The molecule has 1 aliphatic carbocycles. The highest BCUT2D eigenvalue weighted by atomic mass is 127. The Kier molecular flexibility index (Phi) is 10.7. The molecule has 2 N–H and O–H groups in total. The number of nitrogens with one attached hydrogen (secondary N) is 2. The van der Waals surface area contributed by atoms with E-state index in [1.54, 1.807) is 14.2 Å². The smallest absolute Gasteiger partial charge is 0.225 e. The molecule has 1 aromatic carbocycles. The van der Waals surface area contributed by atoms with Crippen LogP contribution in [-0.2, 0) is 4.79 Å². The maximum Gasteiger partial charge on any atom is 0.225 e. The van der Waals surface area contributed by atoms with Gasteiger partial charge in [-0.1, -0.05) is 19.3 Å². The number of rotatable bonds is 7. The van der Waals surface area contributed by atoms with Crippen molar-refractivity contribution in [2.75, 3.05) is 33.8 Å². The van der Waals surface area contributed by atoms with Gasteiger partial charge >= 0.3 is 0 Å². The van der Waals surface area contributed by atoms with Crippen LogP contribution in [0.3, 0.4) is 0 Å². The second-order valence-corrected chi connectivity index (χ2v) is 8.31. The Hall–Kier alpha value is -1.71. The maximum atomic E-state index is 12.8. The van der Waals surface area contributed by atoms with Crippen LogP contribution < -0.4 is 20.1 Å². The largest absolute Gasteiger partial charge is 0.497 e. The number of benzene rings is 1. The van der Waals surface area contributed by atoms with E-state index in [1.165, 1.54) is 19.3 Å². The van der Waals surface area contributed by atoms with Crippen LogP contribution >= 0.6 is 24.0 Å². The van der Waals surface area contributed by atoms with Gasteiger partial charge in [0.25, 0.3) is 0 Å². The number of halogens is 1. The normalized spacial score (nSPS) is 20.5. The first kappa shape index (κ1) is 25.5. The topological polar surface area (TPSA) is 75.2 Å². The molecule has 2 fully saturated rings. The number of amides is 1. The average molecular weight is 544 g/mol. The molecule has 0 aromatic heterocycles. The molecule has 1 saturated carbocycles. The highest BCUT2D eigenvalue weighted by Gasteiger charge is 2.31. The predicted molar refractivity (Wildman–Crippen MR) is 135 cm³/mol. The van der Waals surface area contributed by atoms with Crippen molar-refractivity contribution < 1.29 is 14.3 Å². The first-order valence-electron chi connectivity index (χ1n) is 11.2. The van der Waals surface area contributed by atoms with Crippen molar-refractivity contribution in [1.29, 1.82) is 0 Å². The van der Waals surface area contributed by atoms with E-state index in [9.17, 15) is 4.79 Å². The van der Waals surface area contributed by atoms with E-state index in [4.69, 9.17) is 9.47 Å². The average Bonchev–Trinajstić information content (AvgIpc) is 3.25. The highest BCUT2D eigenvalue weighted by molar-refractivity contribution is 14.0. The summed E-state index contributed by atoms with van der Waals surface area (Å²) in [6.45, 7) is 4.24. The van der Waals surface area contributed by atoms with E-state index in [1.807, 2.05) is 36.1 Å². The lowest BCUT2D eigenvalue weighted by molar-refractivity contribution is -0.135. The molecule has 3 rings (SSSR count). The fraction of sp³-hybridized carbons (Fsp3) is 0.652. The van der Waals surface area contributed by atoms with Gasteiger partial charge in [0.1, 0.15) is 17.6 Å². The van der Waals surface area contributed by atoms with Gasteiger partial charge < -0.3 is 25.0 Å². The lowest BCUT2D eigenvalue weighted by Gasteiger charge is -2.26. The van der Waals surface area contributed by atoms with Gasteiger partial charge in [-0.2, -0.15) is 0 Å². The Morgan fingerprint density at radius 1 is 1.16 bits per heavy atom. The van der Waals surface area contributed by atoms with Crippen LogP contribution in [0, 0.1) is 5.92 Å². The zero-order valence-corrected chi connectivity index (χ0v) is 21.3. The van der Waals surface area contributed by atoms with Crippen LogP contribution in [0.25, 0.3) is 0 Å². The van der Waals surface area contributed by atoms with Crippen LogP contribution in [0.2, 0.25) is 0 Å². The summed E-state index contributed by atoms with van der Waals surface area (Å²) in [5.74, 6) is 2.96. The molecule has 0 radical (unpaired) electrons. The molecule has 174 valence electrons. The monoisotopic (exact) mass is 544 g/mol. The Bertz CT molecular complexity index is 707. The SMILES string of the molecule is CN=C(NCC(C)Oc1ccc(OC)cc1)NC1CCN(C(=O)C2CCCCC2)C1.I. The number of carbonyl (C=O) groups excluding carboxylic acids is 1. The van der Waals surface area contributed by atoms with Crippen LogP contribution in [0.5, 0.6) is 11.5 Å². The molecule has 0 spiro atoms. The third kappa shape index (κ3) is 7.73. The fourth-order valence-corrected chi connectivity index (χ4v) is 4.24. The summed E-state index contributed by atoms with van der Waals surface area (Å²) >= 11 is 0. The van der Waals surface area contributed by atoms with Crippen molar-refractivity contribution in [2.45, 2.75) is 57.6 Å². The van der Waals surface area contributed by atoms with E-state index >= 15 is 0 Å². The summed E-state index contributed by atoms with van der Waals surface area (Å²) in [5, 5.41) is 6.79. The molecular weight excluding hydrogens is 507 g/mol. The van der Waals surface area contributed by atoms with Crippen LogP contribution in [0.15, 0.2) is 29.3 Å². The number of likely N-dealkylation sites (tertiary alicyclic amines) is 1. The summed E-state index contributed by atoms with van der Waals surface area (Å²) in [6.07, 6.45) is 6.71. The minimum atomic E-state index is -0.0232. The summed E-state index contributed by atoms with van der Waals surface area (Å²) in [4.78, 5) is 19.1. The van der Waals surface area contributed by atoms with Gasteiger partial charge in [0.05, 0.1) is 13.7 Å². The highest BCUT2D eigenvalue weighted by Crippen LogP contribution is 2.26. The van der Waals surface area contributed by atoms with E-state index in [-0.39, 0.29) is 42.0 Å². The van der Waals surface area contributed by atoms with Crippen LogP contribution in [0.4, 0.5) is 0 Å². The number of hydrogen-bond acceptors (Lipinski definition) is 4. The van der Waals surface area contributed by atoms with Gasteiger partial charge in [-0.25, -0.2) is 0 Å². The first-order valence-corrected chi connectivity index (χ1v) is 11.2. The van der Waals surface area contributed by atoms with Gasteiger partial charge in [-0.05, 0) is 50.5 Å². The molecule has 1 saturated heterocycles. The third-order valence-electron chi connectivity index (χ3n) is 5.97. The molecule has 2 aliphatic rings. The van der Waals surface area contributed by atoms with E-state index in [2.05, 4.69) is 15.6 Å². The Morgan fingerprint density at radius 2 is 1.84 bits per heavy atom. The lowest BCUT2D eigenvalue weighted by Crippen LogP contribution is -2.47. The standard InChI is InChI=1S/C23H36N4O3.HI/c1-17(30-21-11-9-20(29-3)10-12-21)15-25-23(24-2)26-19-13-14-27(16-19)22(28)18-7-5-4-6-8-18;/h9-12,17-19H,4-8,13-16H2,1-3H3,(H2,24,25,26);1H. The Labute approximate surface area is 203 Å². The number of nitrogens with zero attached hydrogens (tertiary/aromatic N) is 2. The molecule has 2 atom stereocenters. The molecular formula is C23H37IN4O3. The van der Waals surface area contributed by atoms with E-state index in [0.29, 0.717) is 12.5 Å². The maximum absolute atomic E-state index is 12.8. The predicted octanol–water partition coefficient (Wildman–Crippen LogP) is 3.43. The third-order valence-corrected chi connectivity index (χ3v) is 5.97. The molecule has 0 bridgehead atoms. The summed E-state index contributed by atoms with van der Waals surface area (Å²) in [7, 11) is 3.42. The molecule has 1 amide bonds. The molecule has 7 nitrogen and oxygen atoms in total. The molecule has 1 aromatic rings. The minimum Gasteiger partial charge on any atom is -0.497 e. The number of ether oxygens (including phenoxy) is 2. The van der Waals surface area contributed by atoms with E-state index < -0.39 is 0 Å². The van der Waals surface area contributed by atoms with E-state index in [0.717, 1.165) is 49.8 Å². The van der Waals surface area contributed by atoms with Crippen LogP contribution in [-0.4, -0.2) is 62.7 Å². The second kappa shape index (κ2) is 13.0. The Balaban J connectivity index is 0.00000341. The number of hydrogen-bond donors (Lipinski definition) is 2. The van der Waals surface area contributed by atoms with Crippen molar-refractivity contribution >= 4 is 35.8 Å². The quantitative estimate of drug-likeness (QED) is 0.313. The molecule has 8 heteroatoms. The van der Waals surface area contributed by atoms with Gasteiger partial charge in [-0.3, -0.25) is 9.79 Å². The summed E-state index contributed by atoms with van der Waals surface area (Å²) in [6, 6.07) is 7.81. The minimum absolute atomic E-state index is 0. The van der Waals surface area contributed by atoms with Crippen molar-refractivity contribution in [1.82, 2.24) is 15.5 Å². The zero-order valence-electron chi connectivity index (χ0n) is 18.9. The fourth-order valence-electron chi connectivity index (χ4n) is 4.24. The lowest BCUT2D eigenvalue weighted by atomic mass is 9.88. The number of guanidine groups is 1. The van der Waals surface area contributed by atoms with Crippen molar-refractivity contribution in [3.05, 3.63) is 24.3 Å². The van der Waals surface area contributed by atoms with Gasteiger partial charge in [0, 0.05) is 32.1 Å². The number of aliphatic imine (C=N–C) groups is 1. The summed E-state index contributed by atoms with van der Waals surface area (Å²) < 4.78 is 11.1. The molecule has 2 unspecified atom stereocenters. The van der Waals surface area contributed by atoms with Crippen molar-refractivity contribution in [3.63, 3.8) is 0 Å². The first-order chi connectivity index (χ1) is 14.6. The molecule has 31 heavy (non-hydrogen) atoms. The van der Waals surface area contributed by atoms with Gasteiger partial charge in [0.15, 0.2) is 5.96 Å². The zero-order chi connectivity index (χ0) is 21.3. The van der Waals surface area contributed by atoms with Crippen molar-refractivity contribution in [2.24, 2.45) is 10.9 Å². The van der Waals surface area contributed by atoms with Gasteiger partial charge in [0.2, 0.25) is 5.91 Å². The second-order valence-electron chi connectivity index (χ2n) is 8.31. The van der Waals surface area contributed by atoms with Crippen molar-refractivity contribution in [3.8, 4) is 11.5 Å². The molecule has 1 heterocycles. The van der Waals surface area contributed by atoms with Crippen LogP contribution in [0.1, 0.15) is 45.4 Å². The summed E-state index contributed by atoms with van der Waals surface area (Å²) in [5.41, 5.74) is 0. The molecule has 1 aliphatic heterocycles. The Morgan fingerprint density at radius 3 is 2.48 bits per heavy atom.